The zero-order valence-corrected chi connectivity index (χ0v) is 27.3. The largest absolute Gasteiger partial charge is 0.307 e. The standard InChI is InChI=1S/C46H27N5/c1-3-13-29(14-4-1)44-48-45(30-15-5-2-6-16-30)50-46(49-44)43-39(27-31-17-7-10-23-36(31)47-43)51-37-24-12-22-35-33-20-9-8-19-32(33)34-21-11-18-28-25-26-38(51)42(40(28)34)41(35)37/h1-27H. The summed E-state index contributed by atoms with van der Waals surface area (Å²) in [6, 6.07) is 57.4. The van der Waals surface area contributed by atoms with Gasteiger partial charge in [0.2, 0.25) is 0 Å². The lowest BCUT2D eigenvalue weighted by Gasteiger charge is -2.16. The topological polar surface area (TPSA) is 56.5 Å². The van der Waals surface area contributed by atoms with Crippen molar-refractivity contribution in [1.82, 2.24) is 24.5 Å². The fourth-order valence-corrected chi connectivity index (χ4v) is 7.94. The summed E-state index contributed by atoms with van der Waals surface area (Å²) in [5.41, 5.74) is 11.5. The van der Waals surface area contributed by atoms with Crippen LogP contribution in [0.4, 0.5) is 0 Å². The van der Waals surface area contributed by atoms with Crippen LogP contribution in [0.5, 0.6) is 0 Å². The zero-order valence-electron chi connectivity index (χ0n) is 27.3. The molecule has 236 valence electrons. The molecule has 3 heterocycles. The molecular formula is C46H27N5. The second-order valence-corrected chi connectivity index (χ2v) is 13.0. The van der Waals surface area contributed by atoms with Crippen molar-refractivity contribution < 1.29 is 0 Å². The van der Waals surface area contributed by atoms with Crippen molar-refractivity contribution in [3.63, 3.8) is 0 Å². The van der Waals surface area contributed by atoms with E-state index in [1.807, 2.05) is 66.7 Å². The van der Waals surface area contributed by atoms with Crippen molar-refractivity contribution in [3.05, 3.63) is 164 Å². The summed E-state index contributed by atoms with van der Waals surface area (Å²) in [5.74, 6) is 1.73. The molecule has 1 aliphatic carbocycles. The lowest BCUT2D eigenvalue weighted by molar-refractivity contribution is 1.05. The van der Waals surface area contributed by atoms with Crippen LogP contribution in [-0.4, -0.2) is 24.5 Å². The number of pyridine rings is 1. The molecule has 0 radical (unpaired) electrons. The van der Waals surface area contributed by atoms with Crippen LogP contribution in [0.25, 0.3) is 106 Å². The summed E-state index contributed by atoms with van der Waals surface area (Å²) in [4.78, 5) is 20.7. The molecule has 3 aromatic heterocycles. The van der Waals surface area contributed by atoms with Crippen molar-refractivity contribution in [2.24, 2.45) is 0 Å². The third kappa shape index (κ3) is 4.15. The van der Waals surface area contributed by atoms with Crippen LogP contribution < -0.4 is 0 Å². The first-order valence-electron chi connectivity index (χ1n) is 17.2. The van der Waals surface area contributed by atoms with E-state index in [2.05, 4.69) is 102 Å². The van der Waals surface area contributed by atoms with Crippen LogP contribution in [0.1, 0.15) is 0 Å². The first kappa shape index (κ1) is 27.9. The summed E-state index contributed by atoms with van der Waals surface area (Å²) in [7, 11) is 0. The molecule has 0 unspecified atom stereocenters. The van der Waals surface area contributed by atoms with Gasteiger partial charge in [0.25, 0.3) is 0 Å². The zero-order chi connectivity index (χ0) is 33.5. The second-order valence-electron chi connectivity index (χ2n) is 13.0. The molecule has 5 heteroatoms. The number of fused-ring (bicyclic) bond motifs is 4. The average Bonchev–Trinajstić information content (AvgIpc) is 3.49. The lowest BCUT2D eigenvalue weighted by atomic mass is 9.93. The molecule has 0 atom stereocenters. The van der Waals surface area contributed by atoms with Gasteiger partial charge in [-0.2, -0.15) is 0 Å². The molecule has 0 saturated carbocycles. The highest BCUT2D eigenvalue weighted by atomic mass is 15.1. The summed E-state index contributed by atoms with van der Waals surface area (Å²) in [6.07, 6.45) is 0. The van der Waals surface area contributed by atoms with Crippen LogP contribution >= 0.6 is 0 Å². The van der Waals surface area contributed by atoms with Gasteiger partial charge in [-0.25, -0.2) is 19.9 Å². The summed E-state index contributed by atoms with van der Waals surface area (Å²) in [5, 5.41) is 6.01. The maximum Gasteiger partial charge on any atom is 0.184 e. The Morgan fingerprint density at radius 1 is 0.353 bits per heavy atom. The molecule has 0 saturated heterocycles. The van der Waals surface area contributed by atoms with Gasteiger partial charge >= 0.3 is 0 Å². The van der Waals surface area contributed by atoms with Gasteiger partial charge in [0.15, 0.2) is 17.5 Å². The van der Waals surface area contributed by atoms with Crippen LogP contribution in [0, 0.1) is 0 Å². The molecule has 0 aliphatic heterocycles. The second kappa shape index (κ2) is 10.8. The number of para-hydroxylation sites is 1. The average molecular weight is 650 g/mol. The third-order valence-electron chi connectivity index (χ3n) is 10.2. The third-order valence-corrected chi connectivity index (χ3v) is 10.2. The fourth-order valence-electron chi connectivity index (χ4n) is 7.94. The highest BCUT2D eigenvalue weighted by Crippen LogP contribution is 2.50. The number of rotatable bonds is 4. The van der Waals surface area contributed by atoms with E-state index in [4.69, 9.17) is 19.9 Å². The van der Waals surface area contributed by atoms with Crippen molar-refractivity contribution in [1.29, 1.82) is 0 Å². The normalized spacial score (nSPS) is 11.9. The number of nitrogens with zero attached hydrogens (tertiary/aromatic N) is 5. The Balaban J connectivity index is 1.29. The van der Waals surface area contributed by atoms with Crippen LogP contribution in [0.2, 0.25) is 0 Å². The van der Waals surface area contributed by atoms with E-state index in [-0.39, 0.29) is 0 Å². The van der Waals surface area contributed by atoms with E-state index in [1.54, 1.807) is 0 Å². The highest BCUT2D eigenvalue weighted by molar-refractivity contribution is 6.30. The van der Waals surface area contributed by atoms with E-state index in [0.717, 1.165) is 38.8 Å². The lowest BCUT2D eigenvalue weighted by Crippen LogP contribution is -2.05. The molecule has 5 nitrogen and oxygen atoms in total. The Morgan fingerprint density at radius 3 is 1.63 bits per heavy atom. The molecule has 51 heavy (non-hydrogen) atoms. The Hall–Kier alpha value is -6.98. The summed E-state index contributed by atoms with van der Waals surface area (Å²) < 4.78 is 2.38. The summed E-state index contributed by atoms with van der Waals surface area (Å²) in [6.45, 7) is 0. The van der Waals surface area contributed by atoms with Gasteiger partial charge in [0.1, 0.15) is 5.69 Å². The predicted molar refractivity (Wildman–Crippen MR) is 208 cm³/mol. The van der Waals surface area contributed by atoms with Gasteiger partial charge in [0, 0.05) is 27.3 Å². The minimum atomic E-state index is 0.522. The Labute approximate surface area is 293 Å². The molecule has 0 fully saturated rings. The molecule has 11 rings (SSSR count). The van der Waals surface area contributed by atoms with Gasteiger partial charge in [-0.15, -0.1) is 0 Å². The first-order chi connectivity index (χ1) is 25.3. The van der Waals surface area contributed by atoms with Gasteiger partial charge in [0.05, 0.1) is 22.2 Å². The molecule has 0 bridgehead atoms. The SMILES string of the molecule is c1ccc(-c2nc(-c3ccccc3)nc(-c3nc4ccccc4cc3-n3c4cccc5c4c4c6c(cccc6ccc43)-c3ccccc3-5)n2)cc1. The molecule has 0 N–H and O–H groups in total. The molecule has 10 aromatic rings. The Kier molecular flexibility index (Phi) is 5.89. The molecule has 7 aromatic carbocycles. The Bertz CT molecular complexity index is 2960. The van der Waals surface area contributed by atoms with Gasteiger partial charge < -0.3 is 4.57 Å². The minimum Gasteiger partial charge on any atom is -0.307 e. The van der Waals surface area contributed by atoms with E-state index in [0.29, 0.717) is 23.2 Å². The maximum atomic E-state index is 5.36. The first-order valence-corrected chi connectivity index (χ1v) is 17.2. The van der Waals surface area contributed by atoms with Crippen LogP contribution in [0.15, 0.2) is 164 Å². The smallest absolute Gasteiger partial charge is 0.184 e. The van der Waals surface area contributed by atoms with Gasteiger partial charge in [-0.05, 0) is 57.3 Å². The van der Waals surface area contributed by atoms with Crippen molar-refractivity contribution in [3.8, 4) is 62.2 Å². The van der Waals surface area contributed by atoms with Gasteiger partial charge in [-0.3, -0.25) is 0 Å². The van der Waals surface area contributed by atoms with Crippen molar-refractivity contribution in [2.75, 3.05) is 0 Å². The number of hydrogen-bond acceptors (Lipinski definition) is 4. The molecular weight excluding hydrogens is 623 g/mol. The van der Waals surface area contributed by atoms with E-state index in [1.165, 1.54) is 43.8 Å². The van der Waals surface area contributed by atoms with E-state index < -0.39 is 0 Å². The fraction of sp³-hybridized carbons (Fsp3) is 0. The monoisotopic (exact) mass is 649 g/mol. The van der Waals surface area contributed by atoms with Gasteiger partial charge in [-0.1, -0.05) is 140 Å². The highest BCUT2D eigenvalue weighted by Gasteiger charge is 2.27. The predicted octanol–water partition coefficient (Wildman–Crippen LogP) is 11.3. The van der Waals surface area contributed by atoms with Crippen molar-refractivity contribution in [2.45, 2.75) is 0 Å². The maximum absolute atomic E-state index is 5.36. The van der Waals surface area contributed by atoms with Crippen molar-refractivity contribution >= 4 is 43.5 Å². The minimum absolute atomic E-state index is 0.522. The van der Waals surface area contributed by atoms with E-state index >= 15 is 0 Å². The van der Waals surface area contributed by atoms with Crippen LogP contribution in [0.3, 0.4) is 0 Å². The summed E-state index contributed by atoms with van der Waals surface area (Å²) >= 11 is 0. The quantitative estimate of drug-likeness (QED) is 0.190. The number of aromatic nitrogens is 5. The molecule has 0 spiro atoms. The molecule has 0 amide bonds. The van der Waals surface area contributed by atoms with Crippen LogP contribution in [-0.2, 0) is 0 Å². The number of hydrogen-bond donors (Lipinski definition) is 0. The molecule has 1 aliphatic rings. The Morgan fingerprint density at radius 2 is 0.902 bits per heavy atom. The number of benzene rings is 7. The van der Waals surface area contributed by atoms with E-state index in [9.17, 15) is 0 Å².